The fraction of sp³-hybridized carbons (Fsp3) is 0.375. The standard InChI is InChI=1S/C32H38O8/c1-6-15-35-18-25(39-22(4)33)20-37-31-27-11-9-10-12-28(27)32(30-17-24(8-3)13-14-29(30)31)38-21-26(40-23(5)34)19-36-16-7-2/h6-7,9-14,17,25-26H,1-2,8,15-16,18-21H2,3-5H3. The third kappa shape index (κ3) is 8.56. The third-order valence-electron chi connectivity index (χ3n) is 5.97. The monoisotopic (exact) mass is 550 g/mol. The first-order valence-electron chi connectivity index (χ1n) is 13.3. The molecule has 2 unspecified atom stereocenters. The van der Waals surface area contributed by atoms with Gasteiger partial charge in [0.15, 0.2) is 12.2 Å². The molecule has 0 aliphatic carbocycles. The highest BCUT2D eigenvalue weighted by molar-refractivity contribution is 6.11. The van der Waals surface area contributed by atoms with E-state index < -0.39 is 24.1 Å². The molecule has 3 rings (SSSR count). The molecule has 0 amide bonds. The van der Waals surface area contributed by atoms with Crippen molar-refractivity contribution in [3.05, 3.63) is 73.3 Å². The Balaban J connectivity index is 2.02. The minimum Gasteiger partial charge on any atom is -0.488 e. The van der Waals surface area contributed by atoms with Gasteiger partial charge in [-0.15, -0.1) is 13.2 Å². The van der Waals surface area contributed by atoms with Crippen LogP contribution in [0.4, 0.5) is 0 Å². The maximum absolute atomic E-state index is 11.7. The van der Waals surface area contributed by atoms with E-state index in [1.54, 1.807) is 12.2 Å². The van der Waals surface area contributed by atoms with Crippen molar-refractivity contribution in [1.82, 2.24) is 0 Å². The fourth-order valence-corrected chi connectivity index (χ4v) is 4.30. The van der Waals surface area contributed by atoms with E-state index in [0.717, 1.165) is 33.5 Å². The van der Waals surface area contributed by atoms with Crippen LogP contribution < -0.4 is 9.47 Å². The minimum atomic E-state index is -0.600. The molecule has 214 valence electrons. The molecule has 0 aliphatic heterocycles. The molecule has 3 aromatic carbocycles. The van der Waals surface area contributed by atoms with Crippen molar-refractivity contribution in [2.75, 3.05) is 39.6 Å². The predicted octanol–water partition coefficient (Wildman–Crippen LogP) is 5.58. The van der Waals surface area contributed by atoms with Crippen molar-refractivity contribution in [2.45, 2.75) is 39.4 Å². The van der Waals surface area contributed by atoms with Gasteiger partial charge in [0.05, 0.1) is 26.4 Å². The second-order valence-electron chi connectivity index (χ2n) is 9.17. The lowest BCUT2D eigenvalue weighted by Crippen LogP contribution is -2.29. The molecule has 0 fully saturated rings. The van der Waals surface area contributed by atoms with Gasteiger partial charge in [-0.1, -0.05) is 55.5 Å². The van der Waals surface area contributed by atoms with Gasteiger partial charge in [0, 0.05) is 35.4 Å². The van der Waals surface area contributed by atoms with Crippen LogP contribution in [0.25, 0.3) is 21.5 Å². The van der Waals surface area contributed by atoms with Gasteiger partial charge < -0.3 is 28.4 Å². The van der Waals surface area contributed by atoms with E-state index in [0.29, 0.717) is 24.7 Å². The molecule has 3 aromatic rings. The molecule has 0 bridgehead atoms. The molecule has 0 spiro atoms. The number of ether oxygens (including phenoxy) is 6. The van der Waals surface area contributed by atoms with Crippen LogP contribution in [0.1, 0.15) is 26.3 Å². The topological polar surface area (TPSA) is 89.5 Å². The quantitative estimate of drug-likeness (QED) is 0.0931. The van der Waals surface area contributed by atoms with Crippen LogP contribution in [0.5, 0.6) is 11.5 Å². The predicted molar refractivity (Wildman–Crippen MR) is 155 cm³/mol. The number of carbonyl (C=O) groups excluding carboxylic acids is 2. The molecule has 0 aromatic heterocycles. The zero-order valence-corrected chi connectivity index (χ0v) is 23.5. The Morgan fingerprint density at radius 1 is 0.725 bits per heavy atom. The van der Waals surface area contributed by atoms with Crippen LogP contribution >= 0.6 is 0 Å². The molecule has 0 aliphatic rings. The van der Waals surface area contributed by atoms with E-state index in [-0.39, 0.29) is 26.4 Å². The summed E-state index contributed by atoms with van der Waals surface area (Å²) >= 11 is 0. The second kappa shape index (κ2) is 15.6. The summed E-state index contributed by atoms with van der Waals surface area (Å²) in [5.74, 6) is 0.468. The number of rotatable bonds is 17. The Morgan fingerprint density at radius 3 is 1.65 bits per heavy atom. The molecule has 0 N–H and O–H groups in total. The first-order chi connectivity index (χ1) is 19.4. The zero-order valence-electron chi connectivity index (χ0n) is 23.5. The summed E-state index contributed by atoms with van der Waals surface area (Å²) in [6, 6.07) is 13.9. The Bertz CT molecular complexity index is 1320. The van der Waals surface area contributed by atoms with E-state index in [1.807, 2.05) is 30.3 Å². The van der Waals surface area contributed by atoms with Gasteiger partial charge in [-0.25, -0.2) is 0 Å². The average Bonchev–Trinajstić information content (AvgIpc) is 2.93. The molecule has 2 atom stereocenters. The maximum Gasteiger partial charge on any atom is 0.303 e. The Labute approximate surface area is 235 Å². The van der Waals surface area contributed by atoms with E-state index in [4.69, 9.17) is 28.4 Å². The van der Waals surface area contributed by atoms with Crippen molar-refractivity contribution < 1.29 is 38.0 Å². The molecular weight excluding hydrogens is 512 g/mol. The van der Waals surface area contributed by atoms with Crippen LogP contribution in [0, 0.1) is 0 Å². The number of fused-ring (bicyclic) bond motifs is 2. The van der Waals surface area contributed by atoms with Gasteiger partial charge in [-0.2, -0.15) is 0 Å². The summed E-state index contributed by atoms with van der Waals surface area (Å²) in [4.78, 5) is 23.4. The van der Waals surface area contributed by atoms with E-state index >= 15 is 0 Å². The molecule has 0 radical (unpaired) electrons. The highest BCUT2D eigenvalue weighted by Crippen LogP contribution is 2.43. The van der Waals surface area contributed by atoms with Gasteiger partial charge in [0.25, 0.3) is 0 Å². The summed E-state index contributed by atoms with van der Waals surface area (Å²) in [6.45, 7) is 13.3. The molecule has 0 saturated heterocycles. The summed E-state index contributed by atoms with van der Waals surface area (Å²) < 4.78 is 34.7. The first kappa shape index (κ1) is 30.7. The molecule has 8 nitrogen and oxygen atoms in total. The van der Waals surface area contributed by atoms with Crippen molar-refractivity contribution in [3.8, 4) is 11.5 Å². The lowest BCUT2D eigenvalue weighted by Gasteiger charge is -2.22. The lowest BCUT2D eigenvalue weighted by atomic mass is 9.98. The Morgan fingerprint density at radius 2 is 1.20 bits per heavy atom. The fourth-order valence-electron chi connectivity index (χ4n) is 4.30. The van der Waals surface area contributed by atoms with Gasteiger partial charge in [0.2, 0.25) is 0 Å². The van der Waals surface area contributed by atoms with Crippen LogP contribution in [0.3, 0.4) is 0 Å². The van der Waals surface area contributed by atoms with E-state index in [9.17, 15) is 9.59 Å². The first-order valence-corrected chi connectivity index (χ1v) is 13.3. The largest absolute Gasteiger partial charge is 0.488 e. The van der Waals surface area contributed by atoms with Crippen molar-refractivity contribution in [3.63, 3.8) is 0 Å². The van der Waals surface area contributed by atoms with Crippen molar-refractivity contribution in [2.24, 2.45) is 0 Å². The smallest absolute Gasteiger partial charge is 0.303 e. The van der Waals surface area contributed by atoms with Crippen LogP contribution in [-0.4, -0.2) is 63.8 Å². The zero-order chi connectivity index (χ0) is 28.9. The number of aryl methyl sites for hydroxylation is 1. The summed E-state index contributed by atoms with van der Waals surface area (Å²) in [7, 11) is 0. The number of hydrogen-bond donors (Lipinski definition) is 0. The molecule has 0 heterocycles. The van der Waals surface area contributed by atoms with Crippen LogP contribution in [0.15, 0.2) is 67.8 Å². The Hall–Kier alpha value is -3.88. The number of carbonyl (C=O) groups is 2. The molecule has 8 heteroatoms. The maximum atomic E-state index is 11.7. The van der Waals surface area contributed by atoms with Gasteiger partial charge >= 0.3 is 11.9 Å². The second-order valence-corrected chi connectivity index (χ2v) is 9.17. The average molecular weight is 551 g/mol. The summed E-state index contributed by atoms with van der Waals surface area (Å²) in [5, 5.41) is 3.36. The Kier molecular flexibility index (Phi) is 12.0. The molecule has 0 saturated carbocycles. The van der Waals surface area contributed by atoms with Crippen molar-refractivity contribution in [1.29, 1.82) is 0 Å². The van der Waals surface area contributed by atoms with Gasteiger partial charge in [-0.05, 0) is 18.1 Å². The van der Waals surface area contributed by atoms with Crippen molar-refractivity contribution >= 4 is 33.5 Å². The number of esters is 2. The highest BCUT2D eigenvalue weighted by atomic mass is 16.6. The third-order valence-corrected chi connectivity index (χ3v) is 5.97. The summed E-state index contributed by atoms with van der Waals surface area (Å²) in [5.41, 5.74) is 1.13. The lowest BCUT2D eigenvalue weighted by molar-refractivity contribution is -0.151. The van der Waals surface area contributed by atoms with E-state index in [2.05, 4.69) is 32.2 Å². The number of hydrogen-bond acceptors (Lipinski definition) is 8. The van der Waals surface area contributed by atoms with Gasteiger partial charge in [-0.3, -0.25) is 9.59 Å². The normalized spacial score (nSPS) is 12.5. The number of benzene rings is 3. The molecular formula is C32H38O8. The highest BCUT2D eigenvalue weighted by Gasteiger charge is 2.21. The van der Waals surface area contributed by atoms with E-state index in [1.165, 1.54) is 13.8 Å². The van der Waals surface area contributed by atoms with Crippen LogP contribution in [0.2, 0.25) is 0 Å². The SMILES string of the molecule is C=CCOCC(COc1c2ccccc2c(OCC(COCC=C)OC(C)=O)c2cc(CC)ccc12)OC(C)=O. The van der Waals surface area contributed by atoms with Crippen LogP contribution in [-0.2, 0) is 35.0 Å². The summed E-state index contributed by atoms with van der Waals surface area (Å²) in [6.07, 6.45) is 2.90. The van der Waals surface area contributed by atoms with Gasteiger partial charge in [0.1, 0.15) is 24.7 Å². The minimum absolute atomic E-state index is 0.0979. The molecule has 40 heavy (non-hydrogen) atoms.